The van der Waals surface area contributed by atoms with E-state index in [1.54, 1.807) is 24.3 Å². The van der Waals surface area contributed by atoms with Crippen LogP contribution in [0.1, 0.15) is 17.4 Å². The Hall–Kier alpha value is -1.87. The highest BCUT2D eigenvalue weighted by Gasteiger charge is 2.15. The second kappa shape index (κ2) is 5.41. The van der Waals surface area contributed by atoms with Crippen molar-refractivity contribution in [1.82, 2.24) is 0 Å². The average molecular weight is 270 g/mol. The van der Waals surface area contributed by atoms with Gasteiger partial charge in [0.05, 0.1) is 0 Å². The fraction of sp³-hybridized carbons (Fsp3) is 0.125. The molecule has 0 fully saturated rings. The van der Waals surface area contributed by atoms with Crippen LogP contribution in [0, 0.1) is 6.92 Å². The summed E-state index contributed by atoms with van der Waals surface area (Å²) in [5, 5.41) is 0. The lowest BCUT2D eigenvalue weighted by Crippen LogP contribution is -1.97. The van der Waals surface area contributed by atoms with E-state index in [4.69, 9.17) is 9.47 Å². The van der Waals surface area contributed by atoms with Gasteiger partial charge in [-0.2, -0.15) is 0 Å². The van der Waals surface area contributed by atoms with E-state index in [1.807, 2.05) is 12.1 Å². The average Bonchev–Trinajstić information content (AvgIpc) is 2.96. The number of benzene rings is 2. The van der Waals surface area contributed by atoms with Crippen LogP contribution in [0.25, 0.3) is 0 Å². The van der Waals surface area contributed by atoms with Crippen molar-refractivity contribution in [1.29, 1.82) is 0 Å². The summed E-state index contributed by atoms with van der Waals surface area (Å²) in [4.78, 5) is 2.41. The van der Waals surface area contributed by atoms with Gasteiger partial charge < -0.3 is 9.47 Å². The molecule has 2 aromatic rings. The summed E-state index contributed by atoms with van der Waals surface area (Å²) in [6.07, 6.45) is 2.84. The molecule has 0 bridgehead atoms. The molecular weight excluding hydrogens is 256 g/mol. The van der Waals surface area contributed by atoms with E-state index in [2.05, 4.69) is 43.3 Å². The van der Waals surface area contributed by atoms with Crippen LogP contribution in [0.2, 0.25) is 0 Å². The minimum Gasteiger partial charge on any atom is -0.455 e. The molecule has 2 nitrogen and oxygen atoms in total. The third-order valence-corrected chi connectivity index (χ3v) is 3.84. The van der Waals surface area contributed by atoms with Crippen molar-refractivity contribution in [2.75, 3.05) is 0 Å². The summed E-state index contributed by atoms with van der Waals surface area (Å²) in [5.41, 5.74) is 2.30. The largest absolute Gasteiger partial charge is 0.455 e. The second-order valence-electron chi connectivity index (χ2n) is 4.36. The van der Waals surface area contributed by atoms with Crippen LogP contribution in [-0.4, -0.2) is 0 Å². The van der Waals surface area contributed by atoms with Crippen LogP contribution < -0.4 is 0 Å². The Labute approximate surface area is 117 Å². The third-order valence-electron chi connectivity index (χ3n) is 2.85. The molecular formula is C16H14O2S. The summed E-state index contributed by atoms with van der Waals surface area (Å²) in [6.45, 7) is 2.09. The van der Waals surface area contributed by atoms with E-state index in [1.165, 1.54) is 15.4 Å². The molecule has 96 valence electrons. The molecule has 3 rings (SSSR count). The van der Waals surface area contributed by atoms with Crippen LogP contribution in [0.15, 0.2) is 70.8 Å². The number of hydrogen-bond donors (Lipinski definition) is 0. The van der Waals surface area contributed by atoms with Crippen LogP contribution in [0.3, 0.4) is 0 Å². The Bertz CT molecular complexity index is 582. The molecule has 0 spiro atoms. The molecule has 0 aliphatic carbocycles. The summed E-state index contributed by atoms with van der Waals surface area (Å²) < 4.78 is 10.7. The van der Waals surface area contributed by atoms with E-state index >= 15 is 0 Å². The quantitative estimate of drug-likeness (QED) is 0.808. The molecule has 0 atom stereocenters. The molecule has 19 heavy (non-hydrogen) atoms. The predicted octanol–water partition coefficient (Wildman–Crippen LogP) is 4.66. The molecule has 0 radical (unpaired) electrons. The maximum absolute atomic E-state index is 5.35. The van der Waals surface area contributed by atoms with Gasteiger partial charge in [-0.25, -0.2) is 0 Å². The highest BCUT2D eigenvalue weighted by Crippen LogP contribution is 2.31. The van der Waals surface area contributed by atoms with Gasteiger partial charge in [-0.05, 0) is 31.2 Å². The zero-order chi connectivity index (χ0) is 13.1. The molecule has 0 saturated carbocycles. The third kappa shape index (κ3) is 2.93. The zero-order valence-corrected chi connectivity index (χ0v) is 11.4. The Morgan fingerprint density at radius 3 is 2.37 bits per heavy atom. The predicted molar refractivity (Wildman–Crippen MR) is 75.8 cm³/mol. The Morgan fingerprint density at radius 1 is 0.895 bits per heavy atom. The first kappa shape index (κ1) is 12.2. The van der Waals surface area contributed by atoms with Crippen LogP contribution >= 0.6 is 11.8 Å². The van der Waals surface area contributed by atoms with Crippen molar-refractivity contribution in [2.24, 2.45) is 0 Å². The first-order valence-electron chi connectivity index (χ1n) is 6.12. The van der Waals surface area contributed by atoms with Crippen molar-refractivity contribution >= 4 is 11.8 Å². The summed E-state index contributed by atoms with van der Waals surface area (Å²) in [7, 11) is 0. The van der Waals surface area contributed by atoms with Gasteiger partial charge in [0.15, 0.2) is 0 Å². The monoisotopic (exact) mass is 270 g/mol. The first-order chi connectivity index (χ1) is 9.31. The highest BCUT2D eigenvalue weighted by atomic mass is 32.2. The van der Waals surface area contributed by atoms with E-state index in [0.29, 0.717) is 0 Å². The maximum Gasteiger partial charge on any atom is 0.266 e. The molecule has 1 aliphatic rings. The lowest BCUT2D eigenvalue weighted by Gasteiger charge is -2.11. The fourth-order valence-corrected chi connectivity index (χ4v) is 2.75. The van der Waals surface area contributed by atoms with Crippen LogP contribution in [0.5, 0.6) is 0 Å². The second-order valence-corrected chi connectivity index (χ2v) is 5.51. The van der Waals surface area contributed by atoms with Gasteiger partial charge in [0.25, 0.3) is 6.29 Å². The molecule has 1 heterocycles. The fourth-order valence-electron chi connectivity index (χ4n) is 1.86. The van der Waals surface area contributed by atoms with Gasteiger partial charge in [0.2, 0.25) is 0 Å². The molecule has 0 amide bonds. The van der Waals surface area contributed by atoms with Gasteiger partial charge in [0.1, 0.15) is 12.5 Å². The van der Waals surface area contributed by atoms with Crippen molar-refractivity contribution in [3.05, 3.63) is 72.2 Å². The Morgan fingerprint density at radius 2 is 1.63 bits per heavy atom. The molecule has 0 saturated heterocycles. The zero-order valence-electron chi connectivity index (χ0n) is 10.6. The van der Waals surface area contributed by atoms with E-state index in [9.17, 15) is 0 Å². The Balaban J connectivity index is 1.77. The SMILES string of the molecule is Cc1ccc(Sc2cccc(C3OC=CO3)c2)cc1. The van der Waals surface area contributed by atoms with Gasteiger partial charge in [-0.3, -0.25) is 0 Å². The number of rotatable bonds is 3. The Kier molecular flexibility index (Phi) is 3.47. The minimum absolute atomic E-state index is 0.307. The molecule has 2 aromatic carbocycles. The standard InChI is InChI=1S/C16H14O2S/c1-12-5-7-14(8-6-12)19-15-4-2-3-13(11-15)16-17-9-10-18-16/h2-11,16H,1H3. The van der Waals surface area contributed by atoms with E-state index in [0.717, 1.165) is 5.56 Å². The maximum atomic E-state index is 5.35. The topological polar surface area (TPSA) is 18.5 Å². The number of hydrogen-bond acceptors (Lipinski definition) is 3. The van der Waals surface area contributed by atoms with Gasteiger partial charge in [0, 0.05) is 15.4 Å². The van der Waals surface area contributed by atoms with Crippen LogP contribution in [-0.2, 0) is 9.47 Å². The smallest absolute Gasteiger partial charge is 0.266 e. The summed E-state index contributed by atoms with van der Waals surface area (Å²) in [6, 6.07) is 16.7. The summed E-state index contributed by atoms with van der Waals surface area (Å²) in [5.74, 6) is 0. The molecule has 1 aliphatic heterocycles. The van der Waals surface area contributed by atoms with Crippen LogP contribution in [0.4, 0.5) is 0 Å². The molecule has 0 unspecified atom stereocenters. The van der Waals surface area contributed by atoms with Gasteiger partial charge in [-0.15, -0.1) is 0 Å². The molecule has 3 heteroatoms. The van der Waals surface area contributed by atoms with Crippen molar-refractivity contribution < 1.29 is 9.47 Å². The lowest BCUT2D eigenvalue weighted by molar-refractivity contribution is -0.0247. The first-order valence-corrected chi connectivity index (χ1v) is 6.93. The normalized spacial score (nSPS) is 14.2. The number of aryl methyl sites for hydroxylation is 1. The number of ether oxygens (including phenoxy) is 2. The summed E-state index contributed by atoms with van der Waals surface area (Å²) >= 11 is 1.74. The van der Waals surface area contributed by atoms with E-state index < -0.39 is 0 Å². The van der Waals surface area contributed by atoms with Crippen molar-refractivity contribution in [3.63, 3.8) is 0 Å². The molecule has 0 aromatic heterocycles. The van der Waals surface area contributed by atoms with Gasteiger partial charge in [-0.1, -0.05) is 41.6 Å². The van der Waals surface area contributed by atoms with Crippen molar-refractivity contribution in [3.8, 4) is 0 Å². The minimum atomic E-state index is -0.307. The lowest BCUT2D eigenvalue weighted by atomic mass is 10.2. The van der Waals surface area contributed by atoms with Gasteiger partial charge >= 0.3 is 0 Å². The molecule has 0 N–H and O–H groups in total. The van der Waals surface area contributed by atoms with E-state index in [-0.39, 0.29) is 6.29 Å². The van der Waals surface area contributed by atoms with Crippen molar-refractivity contribution in [2.45, 2.75) is 23.0 Å². The highest BCUT2D eigenvalue weighted by molar-refractivity contribution is 7.99.